The van der Waals surface area contributed by atoms with Gasteiger partial charge in [-0.3, -0.25) is 13.9 Å². The zero-order chi connectivity index (χ0) is 26.5. The van der Waals surface area contributed by atoms with E-state index in [-0.39, 0.29) is 23.0 Å². The quantitative estimate of drug-likeness (QED) is 0.449. The van der Waals surface area contributed by atoms with Crippen molar-refractivity contribution >= 4 is 39.1 Å². The number of carbonyl (C=O) groups excluding carboxylic acids is 2. The highest BCUT2D eigenvalue weighted by Gasteiger charge is 2.32. The van der Waals surface area contributed by atoms with E-state index in [2.05, 4.69) is 5.32 Å². The van der Waals surface area contributed by atoms with Crippen LogP contribution in [0.4, 0.5) is 5.69 Å². The first-order chi connectivity index (χ1) is 17.0. The van der Waals surface area contributed by atoms with Crippen molar-refractivity contribution in [1.82, 2.24) is 10.2 Å². The van der Waals surface area contributed by atoms with Crippen molar-refractivity contribution in [3.63, 3.8) is 0 Å². The third-order valence-corrected chi connectivity index (χ3v) is 8.02. The highest BCUT2D eigenvalue weighted by atomic mass is 35.5. The van der Waals surface area contributed by atoms with Crippen LogP contribution in [0, 0.1) is 13.8 Å². The van der Waals surface area contributed by atoms with Gasteiger partial charge in [0.05, 0.1) is 10.6 Å². The number of nitrogens with zero attached hydrogens (tertiary/aromatic N) is 2. The van der Waals surface area contributed by atoms with Gasteiger partial charge in [-0.25, -0.2) is 8.42 Å². The molecule has 1 atom stereocenters. The van der Waals surface area contributed by atoms with Gasteiger partial charge in [0.15, 0.2) is 0 Å². The number of anilines is 1. The van der Waals surface area contributed by atoms with Gasteiger partial charge in [0.1, 0.15) is 12.6 Å². The number of aryl methyl sites for hydroxylation is 2. The Balaban J connectivity index is 2.05. The average molecular weight is 528 g/mol. The second kappa shape index (κ2) is 11.6. The number of amides is 2. The van der Waals surface area contributed by atoms with E-state index < -0.39 is 28.5 Å². The molecule has 0 heterocycles. The van der Waals surface area contributed by atoms with Crippen LogP contribution < -0.4 is 9.62 Å². The molecular formula is C27H30ClN3O4S. The number of likely N-dealkylation sites (N-methyl/N-ethyl adjacent to an activating group) is 1. The molecule has 0 fully saturated rings. The Morgan fingerprint density at radius 1 is 0.972 bits per heavy atom. The van der Waals surface area contributed by atoms with Crippen molar-refractivity contribution in [2.24, 2.45) is 0 Å². The van der Waals surface area contributed by atoms with Crippen molar-refractivity contribution in [3.05, 3.63) is 94.5 Å². The number of hydrogen-bond donors (Lipinski definition) is 1. The number of halogens is 1. The van der Waals surface area contributed by atoms with Crippen LogP contribution in [-0.4, -0.2) is 44.8 Å². The summed E-state index contributed by atoms with van der Waals surface area (Å²) in [4.78, 5) is 27.7. The van der Waals surface area contributed by atoms with Crippen LogP contribution in [0.25, 0.3) is 0 Å². The predicted octanol–water partition coefficient (Wildman–Crippen LogP) is 4.32. The molecule has 0 spiro atoms. The lowest BCUT2D eigenvalue weighted by molar-refractivity contribution is -0.139. The molecule has 0 unspecified atom stereocenters. The molecule has 3 aromatic rings. The van der Waals surface area contributed by atoms with Gasteiger partial charge in [0, 0.05) is 18.6 Å². The van der Waals surface area contributed by atoms with Gasteiger partial charge < -0.3 is 10.2 Å². The molecule has 36 heavy (non-hydrogen) atoms. The highest BCUT2D eigenvalue weighted by Crippen LogP contribution is 2.27. The van der Waals surface area contributed by atoms with Crippen LogP contribution in [0.5, 0.6) is 0 Å². The molecule has 0 aromatic heterocycles. The predicted molar refractivity (Wildman–Crippen MR) is 142 cm³/mol. The van der Waals surface area contributed by atoms with Crippen LogP contribution in [0.3, 0.4) is 0 Å². The van der Waals surface area contributed by atoms with E-state index >= 15 is 0 Å². The van der Waals surface area contributed by atoms with E-state index in [1.165, 1.54) is 30.1 Å². The van der Waals surface area contributed by atoms with E-state index in [9.17, 15) is 18.0 Å². The molecule has 3 rings (SSSR count). The Bertz CT molecular complexity index is 1340. The second-order valence-corrected chi connectivity index (χ2v) is 10.8. The summed E-state index contributed by atoms with van der Waals surface area (Å²) in [7, 11) is -2.63. The van der Waals surface area contributed by atoms with Crippen molar-refractivity contribution in [2.75, 3.05) is 17.9 Å². The number of sulfonamides is 1. The third kappa shape index (κ3) is 6.25. The highest BCUT2D eigenvalue weighted by molar-refractivity contribution is 7.92. The third-order valence-electron chi connectivity index (χ3n) is 6.00. The summed E-state index contributed by atoms with van der Waals surface area (Å²) >= 11 is 6.17. The maximum atomic E-state index is 13.7. The maximum absolute atomic E-state index is 13.7. The first-order valence-electron chi connectivity index (χ1n) is 11.4. The SMILES string of the molecule is CNC(=O)[C@H](C)N(Cc1ccccc1C)C(=O)CN(c1cccc(Cl)c1)S(=O)(=O)c1ccc(C)cc1. The molecule has 0 saturated heterocycles. The van der Waals surface area contributed by atoms with Crippen LogP contribution >= 0.6 is 11.6 Å². The van der Waals surface area contributed by atoms with Crippen LogP contribution in [0.2, 0.25) is 5.02 Å². The smallest absolute Gasteiger partial charge is 0.264 e. The average Bonchev–Trinajstić information content (AvgIpc) is 2.85. The molecule has 2 amide bonds. The van der Waals surface area contributed by atoms with E-state index in [0.29, 0.717) is 5.02 Å². The molecule has 0 bridgehead atoms. The molecule has 1 N–H and O–H groups in total. The van der Waals surface area contributed by atoms with E-state index in [1.54, 1.807) is 37.3 Å². The molecule has 0 saturated carbocycles. The van der Waals surface area contributed by atoms with Crippen LogP contribution in [0.15, 0.2) is 77.7 Å². The molecule has 0 aliphatic rings. The Morgan fingerprint density at radius 2 is 1.64 bits per heavy atom. The van der Waals surface area contributed by atoms with E-state index in [1.807, 2.05) is 38.1 Å². The van der Waals surface area contributed by atoms with Gasteiger partial charge in [-0.1, -0.05) is 59.6 Å². The number of benzene rings is 3. The number of nitrogens with one attached hydrogen (secondary N) is 1. The molecular weight excluding hydrogens is 498 g/mol. The number of hydrogen-bond acceptors (Lipinski definition) is 4. The van der Waals surface area contributed by atoms with Crippen molar-refractivity contribution in [3.8, 4) is 0 Å². The Kier molecular flexibility index (Phi) is 8.76. The fraction of sp³-hybridized carbons (Fsp3) is 0.259. The topological polar surface area (TPSA) is 86.8 Å². The first-order valence-corrected chi connectivity index (χ1v) is 13.3. The fourth-order valence-corrected chi connectivity index (χ4v) is 5.35. The van der Waals surface area contributed by atoms with Gasteiger partial charge in [-0.05, 0) is 62.2 Å². The lowest BCUT2D eigenvalue weighted by atomic mass is 10.1. The molecule has 9 heteroatoms. The van der Waals surface area contributed by atoms with Gasteiger partial charge in [-0.15, -0.1) is 0 Å². The summed E-state index contributed by atoms with van der Waals surface area (Å²) in [5.41, 5.74) is 2.97. The number of carbonyl (C=O) groups is 2. The minimum absolute atomic E-state index is 0.0469. The summed E-state index contributed by atoms with van der Waals surface area (Å²) in [6.45, 7) is 5.03. The summed E-state index contributed by atoms with van der Waals surface area (Å²) in [6.07, 6.45) is 0. The minimum Gasteiger partial charge on any atom is -0.357 e. The minimum atomic E-state index is -4.12. The normalized spacial score (nSPS) is 12.0. The first kappa shape index (κ1) is 27.2. The lowest BCUT2D eigenvalue weighted by Gasteiger charge is -2.32. The van der Waals surface area contributed by atoms with Gasteiger partial charge in [-0.2, -0.15) is 0 Å². The van der Waals surface area contributed by atoms with Crippen molar-refractivity contribution in [1.29, 1.82) is 0 Å². The second-order valence-electron chi connectivity index (χ2n) is 8.54. The molecule has 190 valence electrons. The van der Waals surface area contributed by atoms with Crippen LogP contribution in [-0.2, 0) is 26.2 Å². The molecule has 0 aliphatic heterocycles. The Hall–Kier alpha value is -3.36. The monoisotopic (exact) mass is 527 g/mol. The summed E-state index contributed by atoms with van der Waals surface area (Å²) in [6, 6.07) is 19.4. The standard InChI is InChI=1S/C27H30ClN3O4S/c1-19-12-14-25(15-13-19)36(34,35)31(24-11-7-10-23(28)16-24)18-26(32)30(21(3)27(33)29-4)17-22-9-6-5-8-20(22)2/h5-16,21H,17-18H2,1-4H3,(H,29,33)/t21-/m0/s1. The largest absolute Gasteiger partial charge is 0.357 e. The molecule has 0 aliphatic carbocycles. The lowest BCUT2D eigenvalue weighted by Crippen LogP contribution is -2.50. The fourth-order valence-electron chi connectivity index (χ4n) is 3.76. The zero-order valence-corrected chi connectivity index (χ0v) is 22.3. The summed E-state index contributed by atoms with van der Waals surface area (Å²) in [5.74, 6) is -0.877. The van der Waals surface area contributed by atoms with Crippen LogP contribution in [0.1, 0.15) is 23.6 Å². The molecule has 0 radical (unpaired) electrons. The van der Waals surface area contributed by atoms with Crippen molar-refractivity contribution < 1.29 is 18.0 Å². The summed E-state index contributed by atoms with van der Waals surface area (Å²) in [5, 5.41) is 2.91. The molecule has 3 aromatic carbocycles. The molecule has 7 nitrogen and oxygen atoms in total. The number of rotatable bonds is 9. The van der Waals surface area contributed by atoms with Crippen molar-refractivity contribution in [2.45, 2.75) is 38.3 Å². The van der Waals surface area contributed by atoms with Gasteiger partial charge >= 0.3 is 0 Å². The van der Waals surface area contributed by atoms with Gasteiger partial charge in [0.25, 0.3) is 10.0 Å². The maximum Gasteiger partial charge on any atom is 0.264 e. The Labute approximate surface area is 217 Å². The summed E-state index contributed by atoms with van der Waals surface area (Å²) < 4.78 is 28.5. The Morgan fingerprint density at radius 3 is 2.25 bits per heavy atom. The zero-order valence-electron chi connectivity index (χ0n) is 20.7. The van der Waals surface area contributed by atoms with E-state index in [4.69, 9.17) is 11.6 Å². The van der Waals surface area contributed by atoms with Gasteiger partial charge in [0.2, 0.25) is 11.8 Å². The van der Waals surface area contributed by atoms with E-state index in [0.717, 1.165) is 21.0 Å².